The van der Waals surface area contributed by atoms with Crippen LogP contribution in [0.25, 0.3) is 5.82 Å². The lowest BCUT2D eigenvalue weighted by Crippen LogP contribution is -2.19. The second kappa shape index (κ2) is 9.52. The van der Waals surface area contributed by atoms with Gasteiger partial charge in [-0.1, -0.05) is 6.07 Å². The lowest BCUT2D eigenvalue weighted by Gasteiger charge is -2.10. The zero-order valence-corrected chi connectivity index (χ0v) is 18.7. The fraction of sp³-hybridized carbons (Fsp3) is 0.130. The molecule has 0 bridgehead atoms. The number of nitrogens with zero attached hydrogens (tertiary/aromatic N) is 4. The van der Waals surface area contributed by atoms with E-state index in [0.29, 0.717) is 23.1 Å². The largest absolute Gasteiger partial charge is 0.438 e. The maximum atomic E-state index is 12.2. The standard InChI is InChI=1S/C23H22N6O2S/c1-15-16(2)29(14-24-15)21-11-12-22(28-27-21)31-19-9-7-17(8-10-19)25-23(30)26-18-5-4-6-20(13-18)32-3/h4-14H,1-3H3,(H2,25,26,30). The van der Waals surface area contributed by atoms with Crippen molar-refractivity contribution >= 4 is 29.2 Å². The summed E-state index contributed by atoms with van der Waals surface area (Å²) in [7, 11) is 0. The van der Waals surface area contributed by atoms with Crippen LogP contribution in [0.5, 0.6) is 11.6 Å². The van der Waals surface area contributed by atoms with Crippen molar-refractivity contribution in [2.75, 3.05) is 16.9 Å². The van der Waals surface area contributed by atoms with Crippen LogP contribution < -0.4 is 15.4 Å². The number of hydrogen-bond acceptors (Lipinski definition) is 6. The minimum Gasteiger partial charge on any atom is -0.438 e. The number of carbonyl (C=O) groups excluding carboxylic acids is 1. The molecule has 0 aliphatic carbocycles. The van der Waals surface area contributed by atoms with Gasteiger partial charge in [-0.3, -0.25) is 4.57 Å². The smallest absolute Gasteiger partial charge is 0.323 e. The summed E-state index contributed by atoms with van der Waals surface area (Å²) in [6.45, 7) is 3.92. The minimum atomic E-state index is -0.316. The van der Waals surface area contributed by atoms with Crippen molar-refractivity contribution in [1.29, 1.82) is 0 Å². The van der Waals surface area contributed by atoms with Gasteiger partial charge in [-0.25, -0.2) is 9.78 Å². The Bertz CT molecular complexity index is 1220. The number of amides is 2. The van der Waals surface area contributed by atoms with Crippen molar-refractivity contribution in [2.24, 2.45) is 0 Å². The van der Waals surface area contributed by atoms with Gasteiger partial charge in [0.2, 0.25) is 5.88 Å². The van der Waals surface area contributed by atoms with Crippen molar-refractivity contribution < 1.29 is 9.53 Å². The van der Waals surface area contributed by atoms with E-state index in [4.69, 9.17) is 4.74 Å². The molecule has 2 aromatic heterocycles. The van der Waals surface area contributed by atoms with Gasteiger partial charge >= 0.3 is 6.03 Å². The van der Waals surface area contributed by atoms with Gasteiger partial charge < -0.3 is 15.4 Å². The van der Waals surface area contributed by atoms with E-state index in [1.807, 2.05) is 55.0 Å². The second-order valence-corrected chi connectivity index (χ2v) is 7.83. The van der Waals surface area contributed by atoms with Gasteiger partial charge in [0.05, 0.1) is 5.69 Å². The summed E-state index contributed by atoms with van der Waals surface area (Å²) < 4.78 is 7.63. The molecule has 162 valence electrons. The van der Waals surface area contributed by atoms with Gasteiger partial charge in [0, 0.05) is 28.0 Å². The molecule has 0 unspecified atom stereocenters. The summed E-state index contributed by atoms with van der Waals surface area (Å²) in [4.78, 5) is 17.6. The first kappa shape index (κ1) is 21.4. The fourth-order valence-corrected chi connectivity index (χ4v) is 3.41. The predicted octanol–water partition coefficient (Wildman–Crippen LogP) is 5.44. The number of rotatable bonds is 6. The van der Waals surface area contributed by atoms with E-state index in [9.17, 15) is 4.79 Å². The monoisotopic (exact) mass is 446 g/mol. The molecular weight excluding hydrogens is 424 g/mol. The highest BCUT2D eigenvalue weighted by Gasteiger charge is 2.08. The SMILES string of the molecule is CSc1cccc(NC(=O)Nc2ccc(Oc3ccc(-n4cnc(C)c4C)nn3)cc2)c1. The molecule has 2 heterocycles. The van der Waals surface area contributed by atoms with E-state index < -0.39 is 0 Å². The zero-order chi connectivity index (χ0) is 22.5. The Morgan fingerprint density at radius 2 is 1.75 bits per heavy atom. The molecule has 2 amide bonds. The van der Waals surface area contributed by atoms with Gasteiger partial charge in [-0.05, 0) is 68.6 Å². The topological polar surface area (TPSA) is 94.0 Å². The van der Waals surface area contributed by atoms with Crippen molar-refractivity contribution in [3.05, 3.63) is 78.4 Å². The van der Waals surface area contributed by atoms with Crippen LogP contribution in [0.2, 0.25) is 0 Å². The van der Waals surface area contributed by atoms with Gasteiger partial charge in [0.15, 0.2) is 5.82 Å². The second-order valence-electron chi connectivity index (χ2n) is 6.95. The van der Waals surface area contributed by atoms with Crippen LogP contribution in [0, 0.1) is 13.8 Å². The first-order valence-electron chi connectivity index (χ1n) is 9.86. The maximum absolute atomic E-state index is 12.2. The number of anilines is 2. The van der Waals surface area contributed by atoms with Crippen LogP contribution in [-0.2, 0) is 0 Å². The quantitative estimate of drug-likeness (QED) is 0.383. The fourth-order valence-electron chi connectivity index (χ4n) is 2.95. The van der Waals surface area contributed by atoms with E-state index in [1.165, 1.54) is 0 Å². The summed E-state index contributed by atoms with van der Waals surface area (Å²) in [6, 6.07) is 17.9. The number of aromatic nitrogens is 4. The predicted molar refractivity (Wildman–Crippen MR) is 126 cm³/mol. The van der Waals surface area contributed by atoms with E-state index in [-0.39, 0.29) is 6.03 Å². The maximum Gasteiger partial charge on any atom is 0.323 e. The van der Waals surface area contributed by atoms with E-state index in [1.54, 1.807) is 48.4 Å². The average Bonchev–Trinajstić information content (AvgIpc) is 3.14. The summed E-state index contributed by atoms with van der Waals surface area (Å²) in [5, 5.41) is 14.0. The number of urea groups is 1. The lowest BCUT2D eigenvalue weighted by atomic mass is 10.3. The summed E-state index contributed by atoms with van der Waals surface area (Å²) >= 11 is 1.62. The van der Waals surface area contributed by atoms with E-state index in [2.05, 4.69) is 25.8 Å². The summed E-state index contributed by atoms with van der Waals surface area (Å²) in [5.74, 6) is 1.62. The van der Waals surface area contributed by atoms with Crippen LogP contribution in [0.15, 0.2) is 71.9 Å². The number of benzene rings is 2. The number of carbonyl (C=O) groups is 1. The van der Waals surface area contributed by atoms with Crippen LogP contribution in [0.4, 0.5) is 16.2 Å². The molecule has 4 rings (SSSR count). The van der Waals surface area contributed by atoms with Crippen LogP contribution in [-0.4, -0.2) is 32.0 Å². The van der Waals surface area contributed by atoms with Gasteiger partial charge in [0.1, 0.15) is 12.1 Å². The van der Waals surface area contributed by atoms with Gasteiger partial charge in [0.25, 0.3) is 0 Å². The number of nitrogens with one attached hydrogen (secondary N) is 2. The molecule has 8 nitrogen and oxygen atoms in total. The van der Waals surface area contributed by atoms with E-state index >= 15 is 0 Å². The Kier molecular flexibility index (Phi) is 6.37. The van der Waals surface area contributed by atoms with Crippen LogP contribution in [0.1, 0.15) is 11.4 Å². The minimum absolute atomic E-state index is 0.316. The molecule has 4 aromatic rings. The average molecular weight is 447 g/mol. The third-order valence-electron chi connectivity index (χ3n) is 4.79. The molecule has 0 aliphatic rings. The Labute approximate surface area is 190 Å². The van der Waals surface area contributed by atoms with Crippen LogP contribution in [0.3, 0.4) is 0 Å². The van der Waals surface area contributed by atoms with Crippen LogP contribution >= 0.6 is 11.8 Å². The highest BCUT2D eigenvalue weighted by atomic mass is 32.2. The normalized spacial score (nSPS) is 10.6. The summed E-state index contributed by atoms with van der Waals surface area (Å²) in [5.41, 5.74) is 3.33. The third kappa shape index (κ3) is 5.06. The van der Waals surface area contributed by atoms with Gasteiger partial charge in [-0.2, -0.15) is 0 Å². The number of thioether (sulfide) groups is 1. The molecule has 2 N–H and O–H groups in total. The highest BCUT2D eigenvalue weighted by molar-refractivity contribution is 7.98. The molecule has 0 aliphatic heterocycles. The molecule has 0 radical (unpaired) electrons. The first-order chi connectivity index (χ1) is 15.5. The molecule has 9 heteroatoms. The highest BCUT2D eigenvalue weighted by Crippen LogP contribution is 2.23. The van der Waals surface area contributed by atoms with Gasteiger partial charge in [-0.15, -0.1) is 22.0 Å². The van der Waals surface area contributed by atoms with Crippen molar-refractivity contribution in [2.45, 2.75) is 18.7 Å². The molecule has 0 atom stereocenters. The number of hydrogen-bond donors (Lipinski definition) is 2. The molecule has 2 aromatic carbocycles. The third-order valence-corrected chi connectivity index (χ3v) is 5.51. The Morgan fingerprint density at radius 3 is 2.41 bits per heavy atom. The zero-order valence-electron chi connectivity index (χ0n) is 17.9. The van der Waals surface area contributed by atoms with E-state index in [0.717, 1.165) is 22.0 Å². The molecule has 32 heavy (non-hydrogen) atoms. The Hall–Kier alpha value is -3.85. The molecular formula is C23H22N6O2S. The molecule has 0 saturated heterocycles. The van der Waals surface area contributed by atoms with Crippen molar-refractivity contribution in [3.8, 4) is 17.4 Å². The summed E-state index contributed by atoms with van der Waals surface area (Å²) in [6.07, 6.45) is 3.71. The van der Waals surface area contributed by atoms with Crippen molar-refractivity contribution in [1.82, 2.24) is 19.7 Å². The number of ether oxygens (including phenoxy) is 1. The molecule has 0 fully saturated rings. The molecule has 0 saturated carbocycles. The number of imidazole rings is 1. The first-order valence-corrected chi connectivity index (χ1v) is 11.1. The van der Waals surface area contributed by atoms with Crippen molar-refractivity contribution in [3.63, 3.8) is 0 Å². The Morgan fingerprint density at radius 1 is 0.969 bits per heavy atom. The Balaban J connectivity index is 1.35. The lowest BCUT2D eigenvalue weighted by molar-refractivity contribution is 0.262. The molecule has 0 spiro atoms. The number of aryl methyl sites for hydroxylation is 1.